The van der Waals surface area contributed by atoms with E-state index in [-0.39, 0.29) is 11.4 Å². The van der Waals surface area contributed by atoms with Crippen LogP contribution in [-0.4, -0.2) is 20.2 Å². The summed E-state index contributed by atoms with van der Waals surface area (Å²) in [7, 11) is 1.53. The highest BCUT2D eigenvalue weighted by Crippen LogP contribution is 1.95. The second kappa shape index (κ2) is 2.84. The van der Waals surface area contributed by atoms with Gasteiger partial charge in [0.05, 0.1) is 0 Å². The molecule has 0 saturated carbocycles. The predicted octanol–water partition coefficient (Wildman–Crippen LogP) is -0.0951. The Balaban J connectivity index is 3.39. The van der Waals surface area contributed by atoms with E-state index in [9.17, 15) is 9.59 Å². The average molecular weight is 170 g/mol. The third kappa shape index (κ3) is 1.13. The zero-order valence-corrected chi connectivity index (χ0v) is 6.94. The zero-order valence-electron chi connectivity index (χ0n) is 6.94. The molecule has 0 aromatic carbocycles. The quantitative estimate of drug-likeness (QED) is 0.674. The van der Waals surface area contributed by atoms with Gasteiger partial charge in [0, 0.05) is 19.8 Å². The first-order valence-electron chi connectivity index (χ1n) is 3.57. The van der Waals surface area contributed by atoms with Crippen molar-refractivity contribution in [2.45, 2.75) is 13.5 Å². The summed E-state index contributed by atoms with van der Waals surface area (Å²) in [5.74, 6) is -1.07. The van der Waals surface area contributed by atoms with Crippen LogP contribution in [0.3, 0.4) is 0 Å². The first-order chi connectivity index (χ1) is 5.57. The molecule has 0 aliphatic carbocycles. The van der Waals surface area contributed by atoms with Crippen molar-refractivity contribution in [1.29, 1.82) is 0 Å². The van der Waals surface area contributed by atoms with Crippen LogP contribution < -0.4 is 5.69 Å². The minimum atomic E-state index is -1.07. The fraction of sp³-hybridized carbons (Fsp3) is 0.429. The van der Waals surface area contributed by atoms with Gasteiger partial charge in [-0.3, -0.25) is 4.57 Å². The Labute approximate surface area is 68.9 Å². The molecular formula is C7H10N2O3. The predicted molar refractivity (Wildman–Crippen MR) is 42.3 cm³/mol. The highest BCUT2D eigenvalue weighted by molar-refractivity contribution is 5.85. The van der Waals surface area contributed by atoms with Crippen LogP contribution in [0.4, 0.5) is 0 Å². The maximum Gasteiger partial charge on any atom is 0.354 e. The van der Waals surface area contributed by atoms with Crippen LogP contribution in [0.15, 0.2) is 11.0 Å². The number of hydrogen-bond donors (Lipinski definition) is 1. The summed E-state index contributed by atoms with van der Waals surface area (Å²) >= 11 is 0. The maximum atomic E-state index is 11.2. The van der Waals surface area contributed by atoms with Crippen molar-refractivity contribution in [2.24, 2.45) is 7.05 Å². The summed E-state index contributed by atoms with van der Waals surface area (Å²) in [5, 5.41) is 8.66. The zero-order chi connectivity index (χ0) is 9.30. The lowest BCUT2D eigenvalue weighted by molar-refractivity contribution is 0.0685. The normalized spacial score (nSPS) is 10.2. The highest BCUT2D eigenvalue weighted by atomic mass is 16.4. The van der Waals surface area contributed by atoms with Crippen LogP contribution in [0, 0.1) is 0 Å². The second-order valence-corrected chi connectivity index (χ2v) is 2.46. The average Bonchev–Trinajstić information content (AvgIpc) is 2.29. The molecule has 1 rings (SSSR count). The molecule has 0 bridgehead atoms. The van der Waals surface area contributed by atoms with Crippen molar-refractivity contribution in [3.05, 3.63) is 22.4 Å². The standard InChI is InChI=1S/C7H10N2O3/c1-3-9-5(6(10)11)4-8(2)7(9)12/h4H,3H2,1-2H3,(H,10,11). The molecule has 0 unspecified atom stereocenters. The number of carboxylic acids is 1. The lowest BCUT2D eigenvalue weighted by Crippen LogP contribution is -2.23. The summed E-state index contributed by atoms with van der Waals surface area (Å²) in [6.45, 7) is 2.11. The second-order valence-electron chi connectivity index (χ2n) is 2.46. The van der Waals surface area contributed by atoms with Crippen LogP contribution in [0.1, 0.15) is 17.4 Å². The van der Waals surface area contributed by atoms with Gasteiger partial charge in [0.2, 0.25) is 0 Å². The summed E-state index contributed by atoms with van der Waals surface area (Å²) in [5.41, 5.74) is -0.264. The monoisotopic (exact) mass is 170 g/mol. The SMILES string of the molecule is CCn1c(C(=O)O)cn(C)c1=O. The van der Waals surface area contributed by atoms with Gasteiger partial charge in [-0.1, -0.05) is 0 Å². The molecule has 1 heterocycles. The largest absolute Gasteiger partial charge is 0.477 e. The lowest BCUT2D eigenvalue weighted by Gasteiger charge is -1.96. The maximum absolute atomic E-state index is 11.2. The smallest absolute Gasteiger partial charge is 0.354 e. The molecule has 1 N–H and O–H groups in total. The number of aromatic nitrogens is 2. The topological polar surface area (TPSA) is 64.2 Å². The van der Waals surface area contributed by atoms with Crippen LogP contribution in [0.2, 0.25) is 0 Å². The van der Waals surface area contributed by atoms with Gasteiger partial charge in [-0.15, -0.1) is 0 Å². The third-order valence-corrected chi connectivity index (χ3v) is 1.67. The molecule has 0 aliphatic heterocycles. The molecule has 5 nitrogen and oxygen atoms in total. The fourth-order valence-electron chi connectivity index (χ4n) is 1.08. The minimum absolute atomic E-state index is 0.0324. The number of imidazole rings is 1. The number of aromatic carboxylic acids is 1. The molecule has 0 saturated heterocycles. The van der Waals surface area contributed by atoms with Crippen LogP contribution >= 0.6 is 0 Å². The molecule has 1 aromatic heterocycles. The molecule has 1 aromatic rings. The van der Waals surface area contributed by atoms with E-state index in [4.69, 9.17) is 5.11 Å². The van der Waals surface area contributed by atoms with Crippen LogP contribution in [0.25, 0.3) is 0 Å². The van der Waals surface area contributed by atoms with Crippen molar-refractivity contribution < 1.29 is 9.90 Å². The molecular weight excluding hydrogens is 160 g/mol. The van der Waals surface area contributed by atoms with E-state index in [2.05, 4.69) is 0 Å². The first kappa shape index (κ1) is 8.58. The highest BCUT2D eigenvalue weighted by Gasteiger charge is 2.12. The van der Waals surface area contributed by atoms with Crippen LogP contribution in [-0.2, 0) is 13.6 Å². The van der Waals surface area contributed by atoms with E-state index in [1.54, 1.807) is 6.92 Å². The molecule has 0 radical (unpaired) electrons. The molecule has 0 atom stereocenters. The Bertz CT molecular complexity index is 361. The van der Waals surface area contributed by atoms with Gasteiger partial charge < -0.3 is 9.67 Å². The first-order valence-corrected chi connectivity index (χ1v) is 3.57. The molecule has 5 heteroatoms. The van der Waals surface area contributed by atoms with Gasteiger partial charge in [-0.05, 0) is 6.92 Å². The van der Waals surface area contributed by atoms with Crippen molar-refractivity contribution in [1.82, 2.24) is 9.13 Å². The van der Waals surface area contributed by atoms with E-state index in [1.807, 2.05) is 0 Å². The Kier molecular flexibility index (Phi) is 2.03. The summed E-state index contributed by atoms with van der Waals surface area (Å²) < 4.78 is 2.47. The van der Waals surface area contributed by atoms with Crippen molar-refractivity contribution >= 4 is 5.97 Å². The van der Waals surface area contributed by atoms with Crippen molar-refractivity contribution in [3.8, 4) is 0 Å². The number of carboxylic acid groups (broad SMARTS) is 1. The van der Waals surface area contributed by atoms with Crippen LogP contribution in [0.5, 0.6) is 0 Å². The van der Waals surface area contributed by atoms with E-state index >= 15 is 0 Å². The molecule has 0 amide bonds. The van der Waals surface area contributed by atoms with Gasteiger partial charge in [0.25, 0.3) is 0 Å². The summed E-state index contributed by atoms with van der Waals surface area (Å²) in [6.07, 6.45) is 1.31. The number of aryl methyl sites for hydroxylation is 1. The van der Waals surface area contributed by atoms with Gasteiger partial charge >= 0.3 is 11.7 Å². The summed E-state index contributed by atoms with van der Waals surface area (Å²) in [4.78, 5) is 21.8. The lowest BCUT2D eigenvalue weighted by atomic mass is 10.5. The molecule has 0 fully saturated rings. The molecule has 12 heavy (non-hydrogen) atoms. The Morgan fingerprint density at radius 1 is 1.67 bits per heavy atom. The number of rotatable bonds is 2. The van der Waals surface area contributed by atoms with Crippen molar-refractivity contribution in [2.75, 3.05) is 0 Å². The third-order valence-electron chi connectivity index (χ3n) is 1.67. The van der Waals surface area contributed by atoms with Gasteiger partial charge in [0.15, 0.2) is 0 Å². The van der Waals surface area contributed by atoms with E-state index in [1.165, 1.54) is 22.4 Å². The molecule has 66 valence electrons. The molecule has 0 spiro atoms. The Morgan fingerprint density at radius 3 is 2.58 bits per heavy atom. The Morgan fingerprint density at radius 2 is 2.25 bits per heavy atom. The van der Waals surface area contributed by atoms with Gasteiger partial charge in [-0.25, -0.2) is 9.59 Å². The minimum Gasteiger partial charge on any atom is -0.477 e. The van der Waals surface area contributed by atoms with Crippen molar-refractivity contribution in [3.63, 3.8) is 0 Å². The van der Waals surface area contributed by atoms with E-state index < -0.39 is 5.97 Å². The number of carbonyl (C=O) groups is 1. The fourth-order valence-corrected chi connectivity index (χ4v) is 1.08. The Hall–Kier alpha value is -1.52. The number of hydrogen-bond acceptors (Lipinski definition) is 2. The van der Waals surface area contributed by atoms with E-state index in [0.29, 0.717) is 6.54 Å². The number of nitrogens with zero attached hydrogens (tertiary/aromatic N) is 2. The molecule has 0 aliphatic rings. The summed E-state index contributed by atoms with van der Waals surface area (Å²) in [6, 6.07) is 0. The van der Waals surface area contributed by atoms with E-state index in [0.717, 1.165) is 0 Å². The van der Waals surface area contributed by atoms with Gasteiger partial charge in [0.1, 0.15) is 5.69 Å². The van der Waals surface area contributed by atoms with Gasteiger partial charge in [-0.2, -0.15) is 0 Å².